The molecular weight excluding hydrogens is 388 g/mol. The maximum atomic E-state index is 12.8. The largest absolute Gasteiger partial charge is 0.383 e. The summed E-state index contributed by atoms with van der Waals surface area (Å²) in [4.78, 5) is 17.3. The predicted molar refractivity (Wildman–Crippen MR) is 113 cm³/mol. The Hall–Kier alpha value is -3.22. The molecule has 0 aliphatic rings. The van der Waals surface area contributed by atoms with E-state index in [4.69, 9.17) is 21.4 Å². The maximum Gasteiger partial charge on any atom is 0.255 e. The number of methoxy groups -OCH3 is 1. The van der Waals surface area contributed by atoms with Gasteiger partial charge >= 0.3 is 0 Å². The Morgan fingerprint density at radius 3 is 2.66 bits per heavy atom. The molecule has 0 radical (unpaired) electrons. The zero-order chi connectivity index (χ0) is 20.2. The fraction of sp³-hybridized carbons (Fsp3) is 0.136. The van der Waals surface area contributed by atoms with Crippen molar-refractivity contribution in [3.63, 3.8) is 0 Å². The van der Waals surface area contributed by atoms with Gasteiger partial charge in [0.15, 0.2) is 5.65 Å². The van der Waals surface area contributed by atoms with Crippen molar-refractivity contribution >= 4 is 23.2 Å². The number of benzene rings is 2. The lowest BCUT2D eigenvalue weighted by atomic mass is 10.1. The van der Waals surface area contributed by atoms with E-state index >= 15 is 0 Å². The monoisotopic (exact) mass is 406 g/mol. The van der Waals surface area contributed by atoms with Crippen molar-refractivity contribution in [2.24, 2.45) is 0 Å². The SMILES string of the molecule is COCCNC(=O)c1cnc2cc(-c3ccccc3Cl)nn2c1-c1ccccc1. The van der Waals surface area contributed by atoms with Crippen molar-refractivity contribution in [3.8, 4) is 22.5 Å². The quantitative estimate of drug-likeness (QED) is 0.489. The van der Waals surface area contributed by atoms with Crippen LogP contribution in [-0.4, -0.2) is 40.8 Å². The van der Waals surface area contributed by atoms with E-state index in [9.17, 15) is 4.79 Å². The van der Waals surface area contributed by atoms with Crippen molar-refractivity contribution in [2.75, 3.05) is 20.3 Å². The molecule has 0 atom stereocenters. The number of halogens is 1. The van der Waals surface area contributed by atoms with Gasteiger partial charge in [-0.05, 0) is 6.07 Å². The summed E-state index contributed by atoms with van der Waals surface area (Å²) in [5, 5.41) is 8.19. The van der Waals surface area contributed by atoms with Crippen LogP contribution >= 0.6 is 11.6 Å². The van der Waals surface area contributed by atoms with Crippen LogP contribution in [0.3, 0.4) is 0 Å². The van der Waals surface area contributed by atoms with Gasteiger partial charge in [0, 0.05) is 37.0 Å². The number of hydrogen-bond acceptors (Lipinski definition) is 4. The van der Waals surface area contributed by atoms with Crippen LogP contribution in [0, 0.1) is 0 Å². The molecular formula is C22H19ClN4O2. The first kappa shape index (κ1) is 19.1. The number of hydrogen-bond donors (Lipinski definition) is 1. The standard InChI is InChI=1S/C22H19ClN4O2/c1-29-12-11-24-22(28)17-14-25-20-13-19(16-9-5-6-10-18(16)23)26-27(20)21(17)15-7-3-2-4-8-15/h2-10,13-14H,11-12H2,1H3,(H,24,28). The van der Waals surface area contributed by atoms with Gasteiger partial charge < -0.3 is 10.1 Å². The molecule has 0 spiro atoms. The number of ether oxygens (including phenoxy) is 1. The molecule has 6 nitrogen and oxygen atoms in total. The Labute approximate surface area is 173 Å². The van der Waals surface area contributed by atoms with Crippen molar-refractivity contribution in [2.45, 2.75) is 0 Å². The predicted octanol–water partition coefficient (Wildman–Crippen LogP) is 4.09. The number of amides is 1. The molecule has 4 rings (SSSR count). The molecule has 0 bridgehead atoms. The first-order chi connectivity index (χ1) is 14.2. The molecule has 1 N–H and O–H groups in total. The second-order valence-electron chi connectivity index (χ2n) is 6.41. The normalized spacial score (nSPS) is 11.0. The molecule has 0 aliphatic heterocycles. The molecule has 1 amide bonds. The number of fused-ring (bicyclic) bond motifs is 1. The highest BCUT2D eigenvalue weighted by atomic mass is 35.5. The number of carbonyl (C=O) groups is 1. The molecule has 29 heavy (non-hydrogen) atoms. The minimum atomic E-state index is -0.231. The molecule has 2 heterocycles. The first-order valence-corrected chi connectivity index (χ1v) is 9.53. The van der Waals surface area contributed by atoms with E-state index in [1.165, 1.54) is 0 Å². The lowest BCUT2D eigenvalue weighted by Crippen LogP contribution is -2.28. The third kappa shape index (κ3) is 3.85. The van der Waals surface area contributed by atoms with E-state index in [0.717, 1.165) is 11.1 Å². The van der Waals surface area contributed by atoms with Gasteiger partial charge in [0.05, 0.1) is 28.6 Å². The Kier molecular flexibility index (Phi) is 5.55. The summed E-state index contributed by atoms with van der Waals surface area (Å²) in [6.45, 7) is 0.839. The summed E-state index contributed by atoms with van der Waals surface area (Å²) < 4.78 is 6.71. The van der Waals surface area contributed by atoms with Crippen LogP contribution in [0.5, 0.6) is 0 Å². The van der Waals surface area contributed by atoms with Gasteiger partial charge in [-0.15, -0.1) is 0 Å². The second-order valence-corrected chi connectivity index (χ2v) is 6.82. The third-order valence-electron chi connectivity index (χ3n) is 4.52. The van der Waals surface area contributed by atoms with Gasteiger partial charge in [0.25, 0.3) is 5.91 Å². The molecule has 146 valence electrons. The Morgan fingerprint density at radius 2 is 1.90 bits per heavy atom. The summed E-state index contributed by atoms with van der Waals surface area (Å²) in [5.74, 6) is -0.231. The lowest BCUT2D eigenvalue weighted by molar-refractivity contribution is 0.0937. The van der Waals surface area contributed by atoms with Gasteiger partial charge in [-0.1, -0.05) is 60.1 Å². The van der Waals surface area contributed by atoms with Crippen molar-refractivity contribution in [1.82, 2.24) is 19.9 Å². The molecule has 0 unspecified atom stereocenters. The molecule has 4 aromatic rings. The number of aromatic nitrogens is 3. The number of nitrogens with one attached hydrogen (secondary N) is 1. The van der Waals surface area contributed by atoms with Gasteiger partial charge in [-0.2, -0.15) is 5.10 Å². The van der Waals surface area contributed by atoms with E-state index in [-0.39, 0.29) is 5.91 Å². The highest BCUT2D eigenvalue weighted by Gasteiger charge is 2.19. The summed E-state index contributed by atoms with van der Waals surface area (Å²) in [7, 11) is 1.59. The topological polar surface area (TPSA) is 68.5 Å². The van der Waals surface area contributed by atoms with E-state index in [2.05, 4.69) is 10.3 Å². The van der Waals surface area contributed by atoms with Gasteiger partial charge in [0.2, 0.25) is 0 Å². The summed E-state index contributed by atoms with van der Waals surface area (Å²) >= 11 is 6.35. The zero-order valence-corrected chi connectivity index (χ0v) is 16.6. The summed E-state index contributed by atoms with van der Waals surface area (Å²) in [5.41, 5.74) is 4.11. The van der Waals surface area contributed by atoms with E-state index in [1.807, 2.05) is 60.7 Å². The van der Waals surface area contributed by atoms with Crippen LogP contribution in [0.4, 0.5) is 0 Å². The highest BCUT2D eigenvalue weighted by Crippen LogP contribution is 2.30. The third-order valence-corrected chi connectivity index (χ3v) is 4.85. The van der Waals surface area contributed by atoms with E-state index in [1.54, 1.807) is 17.8 Å². The molecule has 0 aliphatic carbocycles. The van der Waals surface area contributed by atoms with Gasteiger partial charge in [-0.3, -0.25) is 4.79 Å². The fourth-order valence-electron chi connectivity index (χ4n) is 3.14. The molecule has 2 aromatic carbocycles. The molecule has 0 saturated heterocycles. The lowest BCUT2D eigenvalue weighted by Gasteiger charge is -2.11. The average molecular weight is 407 g/mol. The van der Waals surface area contributed by atoms with Crippen LogP contribution in [-0.2, 0) is 4.74 Å². The Bertz CT molecular complexity index is 1160. The maximum absolute atomic E-state index is 12.8. The smallest absolute Gasteiger partial charge is 0.255 e. The van der Waals surface area contributed by atoms with Crippen LogP contribution in [0.2, 0.25) is 5.02 Å². The molecule has 2 aromatic heterocycles. The first-order valence-electron chi connectivity index (χ1n) is 9.15. The van der Waals surface area contributed by atoms with Crippen LogP contribution < -0.4 is 5.32 Å². The van der Waals surface area contributed by atoms with E-state index < -0.39 is 0 Å². The second kappa shape index (κ2) is 8.43. The number of nitrogens with zero attached hydrogens (tertiary/aromatic N) is 3. The molecule has 7 heteroatoms. The zero-order valence-electron chi connectivity index (χ0n) is 15.8. The summed E-state index contributed by atoms with van der Waals surface area (Å²) in [6, 6.07) is 19.0. The molecule has 0 fully saturated rings. The van der Waals surface area contributed by atoms with Crippen LogP contribution in [0.15, 0.2) is 66.9 Å². The van der Waals surface area contributed by atoms with Gasteiger partial charge in [0.1, 0.15) is 0 Å². The Balaban J connectivity index is 1.88. The van der Waals surface area contributed by atoms with Crippen molar-refractivity contribution in [1.29, 1.82) is 0 Å². The number of rotatable bonds is 6. The van der Waals surface area contributed by atoms with Crippen LogP contribution in [0.1, 0.15) is 10.4 Å². The highest BCUT2D eigenvalue weighted by molar-refractivity contribution is 6.33. The van der Waals surface area contributed by atoms with Crippen LogP contribution in [0.25, 0.3) is 28.2 Å². The molecule has 0 saturated carbocycles. The van der Waals surface area contributed by atoms with Crippen molar-refractivity contribution in [3.05, 3.63) is 77.4 Å². The summed E-state index contributed by atoms with van der Waals surface area (Å²) in [6.07, 6.45) is 1.58. The number of carbonyl (C=O) groups excluding carboxylic acids is 1. The van der Waals surface area contributed by atoms with Crippen molar-refractivity contribution < 1.29 is 9.53 Å². The minimum Gasteiger partial charge on any atom is -0.383 e. The van der Waals surface area contributed by atoms with Gasteiger partial charge in [-0.25, -0.2) is 9.50 Å². The fourth-order valence-corrected chi connectivity index (χ4v) is 3.37. The van der Waals surface area contributed by atoms with E-state index in [0.29, 0.717) is 40.8 Å². The Morgan fingerprint density at radius 1 is 1.14 bits per heavy atom. The average Bonchev–Trinajstić information content (AvgIpc) is 3.18. The minimum absolute atomic E-state index is 0.231.